The first kappa shape index (κ1) is 15.6. The van der Waals surface area contributed by atoms with Crippen molar-refractivity contribution in [1.82, 2.24) is 20.3 Å². The van der Waals surface area contributed by atoms with E-state index in [0.29, 0.717) is 26.2 Å². The van der Waals surface area contributed by atoms with Gasteiger partial charge in [0.2, 0.25) is 0 Å². The molecule has 0 bridgehead atoms. The molecule has 118 valence electrons. The van der Waals surface area contributed by atoms with Gasteiger partial charge in [0, 0.05) is 17.8 Å². The van der Waals surface area contributed by atoms with Crippen molar-refractivity contribution in [3.63, 3.8) is 0 Å². The molecular weight excluding hydrogens is 334 g/mol. The molecule has 3 aromatic heterocycles. The molecule has 6 nitrogen and oxygen atoms in total. The van der Waals surface area contributed by atoms with E-state index in [2.05, 4.69) is 20.3 Å². The summed E-state index contributed by atoms with van der Waals surface area (Å²) >= 11 is 7.48. The van der Waals surface area contributed by atoms with Crippen LogP contribution in [0.15, 0.2) is 18.5 Å². The lowest BCUT2D eigenvalue weighted by Gasteiger charge is -2.04. The molecule has 0 aliphatic rings. The fraction of sp³-hybridized carbons (Fsp3) is 0.200. The molecule has 0 spiro atoms. The molecule has 0 atom stereocenters. The minimum Gasteiger partial charge on any atom is -0.397 e. The predicted molar refractivity (Wildman–Crippen MR) is 91.7 cm³/mol. The average Bonchev–Trinajstić information content (AvgIpc) is 2.88. The van der Waals surface area contributed by atoms with Gasteiger partial charge in [-0.1, -0.05) is 11.6 Å². The van der Waals surface area contributed by atoms with E-state index in [1.54, 1.807) is 18.5 Å². The van der Waals surface area contributed by atoms with Crippen LogP contribution in [0.1, 0.15) is 26.8 Å². The lowest BCUT2D eigenvalue weighted by atomic mass is 10.1. The highest BCUT2D eigenvalue weighted by Gasteiger charge is 2.20. The number of halogens is 1. The van der Waals surface area contributed by atoms with Crippen molar-refractivity contribution < 1.29 is 4.79 Å². The van der Waals surface area contributed by atoms with Crippen LogP contribution in [0.4, 0.5) is 5.69 Å². The third kappa shape index (κ3) is 2.85. The van der Waals surface area contributed by atoms with Gasteiger partial charge in [0.15, 0.2) is 0 Å². The molecule has 0 saturated carbocycles. The number of thiophene rings is 1. The molecule has 0 radical (unpaired) electrons. The van der Waals surface area contributed by atoms with Gasteiger partial charge in [-0.15, -0.1) is 11.3 Å². The molecule has 0 aromatic carbocycles. The summed E-state index contributed by atoms with van der Waals surface area (Å²) in [5.41, 5.74) is 8.12. The molecule has 8 heteroatoms. The number of aromatic nitrogens is 3. The minimum absolute atomic E-state index is 0.236. The summed E-state index contributed by atoms with van der Waals surface area (Å²) in [5, 5.41) is 4.09. The Balaban J connectivity index is 1.92. The van der Waals surface area contributed by atoms with Crippen LogP contribution in [0, 0.1) is 13.8 Å². The van der Waals surface area contributed by atoms with Crippen LogP contribution < -0.4 is 11.1 Å². The summed E-state index contributed by atoms with van der Waals surface area (Å²) in [7, 11) is 0. The highest BCUT2D eigenvalue weighted by Crippen LogP contribution is 2.38. The largest absolute Gasteiger partial charge is 0.397 e. The van der Waals surface area contributed by atoms with Gasteiger partial charge in [0.05, 0.1) is 22.9 Å². The SMILES string of the molecule is Cc1nc2sc(C(=O)NCc3ncccn3)c(N)c2c(C)c1Cl. The lowest BCUT2D eigenvalue weighted by molar-refractivity contribution is 0.0955. The van der Waals surface area contributed by atoms with E-state index in [0.717, 1.165) is 16.6 Å². The lowest BCUT2D eigenvalue weighted by Crippen LogP contribution is -2.23. The number of nitrogens with zero attached hydrogens (tertiary/aromatic N) is 3. The van der Waals surface area contributed by atoms with Crippen LogP contribution in [0.5, 0.6) is 0 Å². The molecule has 0 saturated heterocycles. The van der Waals surface area contributed by atoms with Crippen molar-refractivity contribution in [2.75, 3.05) is 5.73 Å². The van der Waals surface area contributed by atoms with Gasteiger partial charge in [-0.25, -0.2) is 15.0 Å². The summed E-state index contributed by atoms with van der Waals surface area (Å²) in [5.74, 6) is 0.264. The quantitative estimate of drug-likeness (QED) is 0.759. The summed E-state index contributed by atoms with van der Waals surface area (Å²) in [6, 6.07) is 1.72. The van der Waals surface area contributed by atoms with E-state index in [-0.39, 0.29) is 12.5 Å². The zero-order valence-electron chi connectivity index (χ0n) is 12.6. The van der Waals surface area contributed by atoms with E-state index in [1.807, 2.05) is 13.8 Å². The molecule has 0 unspecified atom stereocenters. The predicted octanol–water partition coefficient (Wildman–Crippen LogP) is 2.87. The Bertz CT molecular complexity index is 894. The van der Waals surface area contributed by atoms with Gasteiger partial charge >= 0.3 is 0 Å². The van der Waals surface area contributed by atoms with Gasteiger partial charge in [-0.3, -0.25) is 4.79 Å². The molecule has 3 aromatic rings. The summed E-state index contributed by atoms with van der Waals surface area (Å²) in [4.78, 5) is 26.1. The van der Waals surface area contributed by atoms with Gasteiger partial charge < -0.3 is 11.1 Å². The second-order valence-electron chi connectivity index (χ2n) is 5.01. The molecule has 3 rings (SSSR count). The average molecular weight is 348 g/mol. The third-order valence-electron chi connectivity index (χ3n) is 3.45. The number of nitrogens with one attached hydrogen (secondary N) is 1. The van der Waals surface area contributed by atoms with E-state index in [4.69, 9.17) is 17.3 Å². The van der Waals surface area contributed by atoms with Crippen LogP contribution in [0.25, 0.3) is 10.2 Å². The highest BCUT2D eigenvalue weighted by atomic mass is 35.5. The van der Waals surface area contributed by atoms with Crippen molar-refractivity contribution in [1.29, 1.82) is 0 Å². The maximum absolute atomic E-state index is 12.4. The molecule has 0 fully saturated rings. The zero-order chi connectivity index (χ0) is 16.6. The third-order valence-corrected chi connectivity index (χ3v) is 5.11. The first-order valence-electron chi connectivity index (χ1n) is 6.87. The number of fused-ring (bicyclic) bond motifs is 1. The van der Waals surface area contributed by atoms with Gasteiger partial charge in [0.25, 0.3) is 5.91 Å². The number of nitrogens with two attached hydrogens (primary N) is 1. The van der Waals surface area contributed by atoms with Crippen molar-refractivity contribution in [3.05, 3.63) is 45.4 Å². The topological polar surface area (TPSA) is 93.8 Å². The first-order valence-corrected chi connectivity index (χ1v) is 8.07. The molecule has 0 aliphatic carbocycles. The summed E-state index contributed by atoms with van der Waals surface area (Å²) < 4.78 is 0. The number of anilines is 1. The fourth-order valence-electron chi connectivity index (χ4n) is 2.28. The van der Waals surface area contributed by atoms with E-state index < -0.39 is 0 Å². The maximum atomic E-state index is 12.4. The Morgan fingerprint density at radius 3 is 2.74 bits per heavy atom. The van der Waals surface area contributed by atoms with Crippen molar-refractivity contribution in [2.24, 2.45) is 0 Å². The number of hydrogen-bond donors (Lipinski definition) is 2. The normalized spacial score (nSPS) is 10.9. The Kier molecular flexibility index (Phi) is 4.14. The van der Waals surface area contributed by atoms with Gasteiger partial charge in [-0.2, -0.15) is 0 Å². The van der Waals surface area contributed by atoms with Crippen LogP contribution in [-0.4, -0.2) is 20.9 Å². The molecule has 1 amide bonds. The van der Waals surface area contributed by atoms with Crippen LogP contribution >= 0.6 is 22.9 Å². The maximum Gasteiger partial charge on any atom is 0.263 e. The summed E-state index contributed by atoms with van der Waals surface area (Å²) in [6.07, 6.45) is 3.25. The highest BCUT2D eigenvalue weighted by molar-refractivity contribution is 7.21. The second kappa shape index (κ2) is 6.10. The number of amides is 1. The van der Waals surface area contributed by atoms with Crippen molar-refractivity contribution in [3.8, 4) is 0 Å². The van der Waals surface area contributed by atoms with Crippen LogP contribution in [0.3, 0.4) is 0 Å². The standard InChI is InChI=1S/C15H14ClN5OS/c1-7-10-12(17)13(23-15(10)21-8(2)11(7)16)14(22)20-6-9-18-4-3-5-19-9/h3-5H,6,17H2,1-2H3,(H,20,22). The number of nitrogen functional groups attached to an aromatic ring is 1. The summed E-state index contributed by atoms with van der Waals surface area (Å²) in [6.45, 7) is 3.94. The van der Waals surface area contributed by atoms with Gasteiger partial charge in [-0.05, 0) is 25.5 Å². The minimum atomic E-state index is -0.272. The second-order valence-corrected chi connectivity index (χ2v) is 6.39. The zero-order valence-corrected chi connectivity index (χ0v) is 14.1. The molecule has 23 heavy (non-hydrogen) atoms. The molecule has 3 heterocycles. The Hall–Kier alpha value is -2.25. The Labute approximate surface area is 141 Å². The van der Waals surface area contributed by atoms with Crippen LogP contribution in [0.2, 0.25) is 5.02 Å². The van der Waals surface area contributed by atoms with E-state index in [1.165, 1.54) is 11.3 Å². The van der Waals surface area contributed by atoms with Gasteiger partial charge in [0.1, 0.15) is 15.5 Å². The molecular formula is C15H14ClN5OS. The Morgan fingerprint density at radius 1 is 1.35 bits per heavy atom. The number of carbonyl (C=O) groups is 1. The van der Waals surface area contributed by atoms with Crippen LogP contribution in [-0.2, 0) is 6.54 Å². The van der Waals surface area contributed by atoms with E-state index >= 15 is 0 Å². The number of pyridine rings is 1. The Morgan fingerprint density at radius 2 is 2.04 bits per heavy atom. The molecule has 3 N–H and O–H groups in total. The van der Waals surface area contributed by atoms with E-state index in [9.17, 15) is 4.79 Å². The first-order chi connectivity index (χ1) is 11.0. The monoisotopic (exact) mass is 347 g/mol. The fourth-order valence-corrected chi connectivity index (χ4v) is 3.54. The van der Waals surface area contributed by atoms with Crippen molar-refractivity contribution in [2.45, 2.75) is 20.4 Å². The molecule has 0 aliphatic heterocycles. The number of rotatable bonds is 3. The number of carbonyl (C=O) groups excluding carboxylic acids is 1. The van der Waals surface area contributed by atoms with Crippen molar-refractivity contribution >= 4 is 44.7 Å². The smallest absolute Gasteiger partial charge is 0.263 e. The number of aryl methyl sites for hydroxylation is 2. The number of hydrogen-bond acceptors (Lipinski definition) is 6.